The van der Waals surface area contributed by atoms with E-state index in [0.717, 1.165) is 12.1 Å². The maximum Gasteiger partial charge on any atom is 0.472 e. The third-order valence-electron chi connectivity index (χ3n) is 2.61. The molecule has 2 amide bonds. The van der Waals surface area contributed by atoms with Crippen LogP contribution in [0.3, 0.4) is 0 Å². The number of likely N-dealkylation sites (N-methyl/N-ethyl adjacent to an activating group) is 1. The minimum absolute atomic E-state index is 0.409. The van der Waals surface area contributed by atoms with Gasteiger partial charge in [0.05, 0.1) is 6.54 Å². The van der Waals surface area contributed by atoms with E-state index in [4.69, 9.17) is 6.57 Å². The van der Waals surface area contributed by atoms with E-state index < -0.39 is 30.7 Å². The molecule has 9 heteroatoms. The first-order valence-corrected chi connectivity index (χ1v) is 5.50. The Morgan fingerprint density at radius 3 is 2.68 bits per heavy atom. The van der Waals surface area contributed by atoms with E-state index in [-0.39, 0.29) is 0 Å². The molecule has 0 aromatic heterocycles. The predicted octanol–water partition coefficient (Wildman–Crippen LogP) is 0.379. The SMILES string of the molecule is [C-]#[N+]C1CCCN1C(=O)CN(C)NC(=O)C(F)(F)F. The minimum atomic E-state index is -5.00. The molecule has 0 aliphatic carbocycles. The third kappa shape index (κ3) is 4.10. The van der Waals surface area contributed by atoms with Crippen LogP contribution in [-0.2, 0) is 9.59 Å². The average Bonchev–Trinajstić information content (AvgIpc) is 2.75. The smallest absolute Gasteiger partial charge is 0.290 e. The van der Waals surface area contributed by atoms with E-state index in [1.54, 1.807) is 5.43 Å². The molecule has 0 radical (unpaired) electrons. The van der Waals surface area contributed by atoms with Crippen LogP contribution in [0.1, 0.15) is 12.8 Å². The summed E-state index contributed by atoms with van der Waals surface area (Å²) in [6.07, 6.45) is -4.30. The average molecular weight is 278 g/mol. The lowest BCUT2D eigenvalue weighted by atomic mass is 10.3. The lowest BCUT2D eigenvalue weighted by Gasteiger charge is -2.22. The Kier molecular flexibility index (Phi) is 4.72. The van der Waals surface area contributed by atoms with Crippen LogP contribution in [0.15, 0.2) is 0 Å². The molecule has 1 saturated heterocycles. The molecular formula is C10H13F3N4O2. The molecule has 0 saturated carbocycles. The first kappa shape index (κ1) is 15.2. The molecule has 1 heterocycles. The van der Waals surface area contributed by atoms with Gasteiger partial charge < -0.3 is 0 Å². The van der Waals surface area contributed by atoms with Crippen molar-refractivity contribution < 1.29 is 22.8 Å². The number of likely N-dealkylation sites (tertiary alicyclic amines) is 1. The number of amides is 2. The van der Waals surface area contributed by atoms with Gasteiger partial charge >= 0.3 is 18.2 Å². The Morgan fingerprint density at radius 1 is 1.53 bits per heavy atom. The predicted molar refractivity (Wildman–Crippen MR) is 58.2 cm³/mol. The summed E-state index contributed by atoms with van der Waals surface area (Å²) in [6.45, 7) is 6.90. The van der Waals surface area contributed by atoms with Crippen LogP contribution >= 0.6 is 0 Å². The fourth-order valence-corrected chi connectivity index (χ4v) is 1.74. The maximum atomic E-state index is 12.0. The van der Waals surface area contributed by atoms with Gasteiger partial charge in [0.1, 0.15) is 0 Å². The molecule has 1 aliphatic heterocycles. The van der Waals surface area contributed by atoms with Crippen LogP contribution in [0.25, 0.3) is 4.85 Å². The summed E-state index contributed by atoms with van der Waals surface area (Å²) in [7, 11) is 1.16. The highest BCUT2D eigenvalue weighted by Gasteiger charge is 2.40. The van der Waals surface area contributed by atoms with Crippen molar-refractivity contribution in [2.24, 2.45) is 0 Å². The Balaban J connectivity index is 2.49. The molecule has 0 bridgehead atoms. The Labute approximate surface area is 107 Å². The van der Waals surface area contributed by atoms with Gasteiger partial charge in [-0.3, -0.25) is 24.8 Å². The second-order valence-corrected chi connectivity index (χ2v) is 4.13. The van der Waals surface area contributed by atoms with E-state index >= 15 is 0 Å². The summed E-state index contributed by atoms with van der Waals surface area (Å²) < 4.78 is 36.0. The first-order chi connectivity index (χ1) is 8.75. The van der Waals surface area contributed by atoms with Crippen molar-refractivity contribution in [3.8, 4) is 0 Å². The molecule has 0 spiro atoms. The highest BCUT2D eigenvalue weighted by atomic mass is 19.4. The summed E-state index contributed by atoms with van der Waals surface area (Å²) in [5, 5.41) is 0.761. The van der Waals surface area contributed by atoms with Gasteiger partial charge in [0.25, 0.3) is 0 Å². The second-order valence-electron chi connectivity index (χ2n) is 4.13. The first-order valence-electron chi connectivity index (χ1n) is 5.50. The molecule has 0 aromatic rings. The highest BCUT2D eigenvalue weighted by molar-refractivity contribution is 5.82. The van der Waals surface area contributed by atoms with Gasteiger partial charge in [0.2, 0.25) is 5.91 Å². The van der Waals surface area contributed by atoms with Crippen LogP contribution in [-0.4, -0.2) is 54.2 Å². The third-order valence-corrected chi connectivity index (χ3v) is 2.61. The summed E-state index contributed by atoms with van der Waals surface area (Å²) in [5.74, 6) is -2.62. The monoisotopic (exact) mass is 278 g/mol. The molecule has 19 heavy (non-hydrogen) atoms. The standard InChI is InChI=1S/C10H13F3N4O2/c1-14-7-4-3-5-17(7)8(18)6-16(2)15-9(19)10(11,12)13/h7H,3-6H2,2H3,(H,15,19). The quantitative estimate of drug-likeness (QED) is 0.600. The topological polar surface area (TPSA) is 57.0 Å². The zero-order valence-electron chi connectivity index (χ0n) is 10.2. The lowest BCUT2D eigenvalue weighted by molar-refractivity contribution is -0.178. The zero-order valence-corrected chi connectivity index (χ0v) is 10.2. The fraction of sp³-hybridized carbons (Fsp3) is 0.700. The van der Waals surface area contributed by atoms with Gasteiger partial charge in [-0.05, 0) is 6.42 Å². The fourth-order valence-electron chi connectivity index (χ4n) is 1.74. The summed E-state index contributed by atoms with van der Waals surface area (Å²) in [5.41, 5.74) is 1.55. The molecule has 1 atom stereocenters. The van der Waals surface area contributed by atoms with Crippen molar-refractivity contribution >= 4 is 11.8 Å². The van der Waals surface area contributed by atoms with E-state index in [0.29, 0.717) is 19.4 Å². The van der Waals surface area contributed by atoms with Crippen LogP contribution in [0, 0.1) is 6.57 Å². The van der Waals surface area contributed by atoms with Gasteiger partial charge in [-0.2, -0.15) is 13.2 Å². The molecule has 6 nitrogen and oxygen atoms in total. The number of hydrogen-bond acceptors (Lipinski definition) is 3. The van der Waals surface area contributed by atoms with Crippen LogP contribution in [0.2, 0.25) is 0 Å². The van der Waals surface area contributed by atoms with Gasteiger partial charge in [-0.1, -0.05) is 0 Å². The van der Waals surface area contributed by atoms with Crippen molar-refractivity contribution in [2.45, 2.75) is 25.2 Å². The summed E-state index contributed by atoms with van der Waals surface area (Å²) >= 11 is 0. The maximum absolute atomic E-state index is 12.0. The van der Waals surface area contributed by atoms with Crippen molar-refractivity contribution in [3.05, 3.63) is 11.4 Å². The molecule has 1 rings (SSSR count). The molecule has 1 unspecified atom stereocenters. The van der Waals surface area contributed by atoms with Crippen LogP contribution < -0.4 is 5.43 Å². The number of hydrogen-bond donors (Lipinski definition) is 1. The normalized spacial score (nSPS) is 19.4. The lowest BCUT2D eigenvalue weighted by Crippen LogP contribution is -2.50. The van der Waals surface area contributed by atoms with Gasteiger partial charge in [0, 0.05) is 20.0 Å². The Morgan fingerprint density at radius 2 is 2.16 bits per heavy atom. The number of carbonyl (C=O) groups excluding carboxylic acids is 2. The Hall–Kier alpha value is -1.82. The van der Waals surface area contributed by atoms with Gasteiger partial charge in [0.15, 0.2) is 0 Å². The minimum Gasteiger partial charge on any atom is -0.290 e. The van der Waals surface area contributed by atoms with E-state index in [1.807, 2.05) is 0 Å². The Bertz CT molecular complexity index is 405. The molecule has 1 aliphatic rings. The number of rotatable bonds is 3. The van der Waals surface area contributed by atoms with Gasteiger partial charge in [-0.15, -0.1) is 0 Å². The second kappa shape index (κ2) is 5.88. The number of nitrogens with one attached hydrogen (secondary N) is 1. The van der Waals surface area contributed by atoms with Crippen molar-refractivity contribution in [3.63, 3.8) is 0 Å². The molecular weight excluding hydrogens is 265 g/mol. The van der Waals surface area contributed by atoms with Crippen molar-refractivity contribution in [1.82, 2.24) is 15.3 Å². The van der Waals surface area contributed by atoms with Gasteiger partial charge in [-0.25, -0.2) is 11.6 Å². The highest BCUT2D eigenvalue weighted by Crippen LogP contribution is 2.18. The summed E-state index contributed by atoms with van der Waals surface area (Å²) in [6, 6.07) is 0. The molecule has 106 valence electrons. The number of carbonyl (C=O) groups is 2. The molecule has 1 N–H and O–H groups in total. The van der Waals surface area contributed by atoms with E-state index in [2.05, 4.69) is 4.85 Å². The number of alkyl halides is 3. The van der Waals surface area contributed by atoms with Crippen molar-refractivity contribution in [1.29, 1.82) is 0 Å². The number of halogens is 3. The van der Waals surface area contributed by atoms with Crippen molar-refractivity contribution in [2.75, 3.05) is 20.1 Å². The molecule has 1 fully saturated rings. The van der Waals surface area contributed by atoms with Crippen LogP contribution in [0.5, 0.6) is 0 Å². The number of hydrazine groups is 1. The van der Waals surface area contributed by atoms with E-state index in [9.17, 15) is 22.8 Å². The number of nitrogens with zero attached hydrogens (tertiary/aromatic N) is 3. The molecule has 0 aromatic carbocycles. The zero-order chi connectivity index (χ0) is 14.6. The van der Waals surface area contributed by atoms with Crippen LogP contribution in [0.4, 0.5) is 13.2 Å². The largest absolute Gasteiger partial charge is 0.472 e. The van der Waals surface area contributed by atoms with E-state index in [1.165, 1.54) is 4.90 Å². The summed E-state index contributed by atoms with van der Waals surface area (Å²) in [4.78, 5) is 27.0.